The number of rotatable bonds is 25. The Morgan fingerprint density at radius 3 is 1.49 bits per heavy atom. The molecule has 25 N–H and O–H groups in total. The van der Waals surface area contributed by atoms with Gasteiger partial charge in [0.25, 0.3) is 40.9 Å². The normalized spacial score (nSPS) is 13.0. The number of nitrogens with one attached hydrogen (secondary N) is 5. The van der Waals surface area contributed by atoms with Crippen molar-refractivity contribution in [1.82, 2.24) is 26.6 Å². The van der Waals surface area contributed by atoms with Crippen LogP contribution in [-0.2, 0) is 28.8 Å². The quantitative estimate of drug-likeness (QED) is 0.0123. The van der Waals surface area contributed by atoms with Crippen LogP contribution >= 0.6 is 0 Å². The Morgan fingerprint density at radius 2 is 1.08 bits per heavy atom. The van der Waals surface area contributed by atoms with Gasteiger partial charge in [-0.15, -0.1) is 0 Å². The summed E-state index contributed by atoms with van der Waals surface area (Å²) in [5, 5.41) is 56.4. The lowest BCUT2D eigenvalue weighted by atomic mass is 10.1. The van der Waals surface area contributed by atoms with Gasteiger partial charge < -0.3 is 98.2 Å². The fourth-order valence-corrected chi connectivity index (χ4v) is 6.21. The van der Waals surface area contributed by atoms with Gasteiger partial charge in [-0.25, -0.2) is 24.8 Å². The van der Waals surface area contributed by atoms with Crippen LogP contribution in [0.3, 0.4) is 0 Å². The summed E-state index contributed by atoms with van der Waals surface area (Å²) < 4.78 is 0. The molecule has 75 heavy (non-hydrogen) atoms. The van der Waals surface area contributed by atoms with Crippen LogP contribution in [0.4, 0.5) is 22.7 Å². The van der Waals surface area contributed by atoms with Gasteiger partial charge in [-0.05, 0) is 23.3 Å². The number of hydrogen-bond donors (Lipinski definition) is 16. The number of carbonyl (C=O) groups is 7. The number of non-ortho nitro benzene ring substituents is 1. The van der Waals surface area contributed by atoms with E-state index in [9.17, 15) is 64.0 Å². The molecule has 0 heterocycles. The predicted octanol–water partition coefficient (Wildman–Crippen LogP) is -6.69. The first kappa shape index (κ1) is 58.4. The fraction of sp³-hybridized carbons (Fsp3) is 0.225. The van der Waals surface area contributed by atoms with Gasteiger partial charge in [-0.3, -0.25) is 49.0 Å². The third-order valence-corrected chi connectivity index (χ3v) is 9.48. The molecule has 35 heteroatoms. The molecule has 35 nitrogen and oxygen atoms in total. The van der Waals surface area contributed by atoms with E-state index in [0.717, 1.165) is 5.69 Å². The van der Waals surface area contributed by atoms with Crippen LogP contribution in [0.25, 0.3) is 6.08 Å². The molecule has 0 radical (unpaired) electrons. The van der Waals surface area contributed by atoms with E-state index in [4.69, 9.17) is 51.6 Å². The maximum Gasteiger partial charge on any atom is 0.338 e. The third-order valence-electron chi connectivity index (χ3n) is 9.48. The highest BCUT2D eigenvalue weighted by atomic mass is 16.6. The summed E-state index contributed by atoms with van der Waals surface area (Å²) in [6, 6.07) is 12.5. The molecule has 0 fully saturated rings. The highest BCUT2D eigenvalue weighted by Crippen LogP contribution is 2.37. The molecule has 3 rings (SSSR count). The van der Waals surface area contributed by atoms with Crippen LogP contribution in [0.5, 0.6) is 0 Å². The number of guanidine groups is 4. The smallest absolute Gasteiger partial charge is 0.338 e. The maximum atomic E-state index is 14.3. The van der Waals surface area contributed by atoms with Crippen LogP contribution in [0.15, 0.2) is 92.8 Å². The number of nitro groups is 2. The number of primary amides is 1. The van der Waals surface area contributed by atoms with Crippen LogP contribution < -0.4 is 88.0 Å². The maximum absolute atomic E-state index is 14.3. The number of nitrogens with two attached hydrogens (primary N) is 9. The minimum absolute atomic E-state index is 0.0835. The van der Waals surface area contributed by atoms with E-state index < -0.39 is 141 Å². The summed E-state index contributed by atoms with van der Waals surface area (Å²) in [4.78, 5) is 132. The molecule has 0 aromatic heterocycles. The highest BCUT2D eigenvalue weighted by Gasteiger charge is 2.38. The van der Waals surface area contributed by atoms with Gasteiger partial charge in [0.05, 0.1) is 21.5 Å². The van der Waals surface area contributed by atoms with Gasteiger partial charge in [0.2, 0.25) is 36.8 Å². The number of aromatic carboxylic acids is 1. The van der Waals surface area contributed by atoms with Crippen LogP contribution in [0, 0.1) is 20.2 Å². The van der Waals surface area contributed by atoms with E-state index >= 15 is 0 Å². The molecule has 6 amide bonds. The molecule has 400 valence electrons. The van der Waals surface area contributed by atoms with Crippen molar-refractivity contribution in [2.45, 2.75) is 36.9 Å². The number of nitro benzene ring substituents is 2. The van der Waals surface area contributed by atoms with E-state index in [2.05, 4.69) is 30.6 Å². The molecule has 0 saturated heterocycles. The van der Waals surface area contributed by atoms with Crippen molar-refractivity contribution < 1.29 is 53.6 Å². The van der Waals surface area contributed by atoms with Crippen molar-refractivity contribution >= 4 is 94.1 Å². The van der Waals surface area contributed by atoms with Crippen molar-refractivity contribution in [1.29, 1.82) is 0 Å². The Balaban J connectivity index is 2.09. The molecule has 0 saturated carbocycles. The Kier molecular flexibility index (Phi) is 20.5. The number of nitrogens with zero attached hydrogens (tertiary/aromatic N) is 8. The molecule has 3 aromatic rings. The van der Waals surface area contributed by atoms with Crippen molar-refractivity contribution in [3.63, 3.8) is 0 Å². The summed E-state index contributed by atoms with van der Waals surface area (Å²) in [5.41, 5.74) is 45.6. The van der Waals surface area contributed by atoms with Gasteiger partial charge in [0.15, 0.2) is 23.8 Å². The van der Waals surface area contributed by atoms with Crippen molar-refractivity contribution in [3.05, 3.63) is 110 Å². The number of carbonyl (C=O) groups excluding carboxylic acids is 6. The van der Waals surface area contributed by atoms with E-state index in [1.807, 2.05) is 16.0 Å². The molecule has 6 unspecified atom stereocenters. The molecule has 0 spiro atoms. The van der Waals surface area contributed by atoms with Gasteiger partial charge in [0.1, 0.15) is 11.7 Å². The minimum atomic E-state index is -2.66. The molecular weight excluding hydrogens is 997 g/mol. The Bertz CT molecular complexity index is 2770. The van der Waals surface area contributed by atoms with Gasteiger partial charge in [-0.1, -0.05) is 54.6 Å². The van der Waals surface area contributed by atoms with Gasteiger partial charge in [0, 0.05) is 32.4 Å². The van der Waals surface area contributed by atoms with Crippen molar-refractivity contribution in [2.24, 2.45) is 71.6 Å². The van der Waals surface area contributed by atoms with Crippen LogP contribution in [-0.4, -0.2) is 137 Å². The zero-order valence-electron chi connectivity index (χ0n) is 39.3. The molecule has 3 aromatic carbocycles. The summed E-state index contributed by atoms with van der Waals surface area (Å²) in [7, 11) is 3.58. The number of hydrogen-bond acceptors (Lipinski definition) is 18. The summed E-state index contributed by atoms with van der Waals surface area (Å²) in [6.45, 7) is -0.703. The van der Waals surface area contributed by atoms with Crippen LogP contribution in [0.2, 0.25) is 0 Å². The monoisotopic (exact) mass is 1050 g/mol. The summed E-state index contributed by atoms with van der Waals surface area (Å²) >= 11 is 0. The number of aliphatic hydroxyl groups excluding tert-OH is 1. The molecule has 0 bridgehead atoms. The first-order chi connectivity index (χ1) is 35.1. The standard InChI is InChI=1S/C40H52N22O13/c1-59(2)19-12-10-17(11-13-19)7-6-14-60(24-21(36(70)71)15-20(61(72)73)16-22(24)62(74)75)35(69)34(68)50-23(18-8-4-3-5-9-18)30(64)52-27(56-38(44)45)32(66)54-29(58-40(48)49)33(67)53-28(57-39(46)47)31(65)51-26(25(41)63)55-37(42)43/h3-13,15-16,23,26-29,35,69H,14H2,1-2H3,(H2,41,63)(H,50,68)(H,51,65)(H,52,64)(H,53,67)(H,54,66)(H,70,71)(H4,42,43,55)(H4,44,45,56)(H4,46,47,57)(H4,48,49,58)/b7-6-. The third kappa shape index (κ3) is 17.2. The minimum Gasteiger partial charge on any atom is -0.478 e. The number of benzene rings is 3. The number of carboxylic acids is 1. The van der Waals surface area contributed by atoms with Crippen molar-refractivity contribution in [2.75, 3.05) is 30.4 Å². The van der Waals surface area contributed by atoms with E-state index in [1.165, 1.54) is 42.5 Å². The largest absolute Gasteiger partial charge is 0.478 e. The second kappa shape index (κ2) is 26.4. The Hall–Kier alpha value is -10.9. The average molecular weight is 1050 g/mol. The summed E-state index contributed by atoms with van der Waals surface area (Å²) in [5.74, 6) is -13.7. The topological polar surface area (TPSA) is 596 Å². The number of carboxylic acid groups (broad SMARTS) is 1. The number of aliphatic imine (C=N–C) groups is 4. The molecule has 0 aliphatic rings. The zero-order valence-corrected chi connectivity index (χ0v) is 39.3. The molecule has 0 aliphatic carbocycles. The Morgan fingerprint density at radius 1 is 0.627 bits per heavy atom. The molecular formula is C40H52N22O13. The SMILES string of the molecule is CN(C)c1ccc(/C=C\CN(c2c(C(=O)O)cc([N+](=O)[O-])cc2[N+](=O)[O-])C(O)C(=O)NC(C(=O)NC(N=C(N)N)C(=O)NC(N=C(N)N)C(=O)NC(N=C(N)N)C(=O)NC(N=C(N)N)C(N)=O)c2ccccc2)cc1. The number of anilines is 2. The van der Waals surface area contributed by atoms with E-state index in [-0.39, 0.29) is 5.56 Å². The second-order valence-corrected chi connectivity index (χ2v) is 15.2. The molecule has 0 aliphatic heterocycles. The number of aliphatic hydroxyl groups is 1. The first-order valence-corrected chi connectivity index (χ1v) is 20.9. The summed E-state index contributed by atoms with van der Waals surface area (Å²) in [6.07, 6.45) is -8.54. The average Bonchev–Trinajstić information content (AvgIpc) is 3.32. The highest BCUT2D eigenvalue weighted by molar-refractivity contribution is 6.01. The zero-order chi connectivity index (χ0) is 56.4. The fourth-order valence-electron chi connectivity index (χ4n) is 6.21. The Labute approximate surface area is 422 Å². The van der Waals surface area contributed by atoms with E-state index in [0.29, 0.717) is 22.6 Å². The van der Waals surface area contributed by atoms with Crippen LogP contribution in [0.1, 0.15) is 27.5 Å². The lowest BCUT2D eigenvalue weighted by molar-refractivity contribution is -0.393. The second-order valence-electron chi connectivity index (χ2n) is 15.2. The van der Waals surface area contributed by atoms with Gasteiger partial charge >= 0.3 is 5.97 Å². The predicted molar refractivity (Wildman–Crippen MR) is 267 cm³/mol. The molecule has 6 atom stereocenters. The number of amides is 6. The van der Waals surface area contributed by atoms with Crippen molar-refractivity contribution in [3.8, 4) is 0 Å². The van der Waals surface area contributed by atoms with Gasteiger partial charge in [-0.2, -0.15) is 0 Å². The first-order valence-electron chi connectivity index (χ1n) is 20.9. The lowest BCUT2D eigenvalue weighted by Gasteiger charge is -2.30. The van der Waals surface area contributed by atoms with E-state index in [1.54, 1.807) is 43.3 Å². The lowest BCUT2D eigenvalue weighted by Crippen LogP contribution is -2.58.